The highest BCUT2D eigenvalue weighted by Gasteiger charge is 1.97. The van der Waals surface area contributed by atoms with Crippen molar-refractivity contribution in [1.29, 1.82) is 0 Å². The van der Waals surface area contributed by atoms with Gasteiger partial charge in [0.2, 0.25) is 0 Å². The van der Waals surface area contributed by atoms with E-state index in [1.807, 2.05) is 13.1 Å². The topological polar surface area (TPSA) is 12.4 Å². The van der Waals surface area contributed by atoms with Gasteiger partial charge in [-0.25, -0.2) is 0 Å². The lowest BCUT2D eigenvalue weighted by Crippen LogP contribution is -1.69. The summed E-state index contributed by atoms with van der Waals surface area (Å²) in [6.45, 7) is 4.15. The minimum Gasteiger partial charge on any atom is -0.266 e. The van der Waals surface area contributed by atoms with Gasteiger partial charge in [-0.1, -0.05) is 0 Å². The highest BCUT2D eigenvalue weighted by atomic mass is 14.7. The Bertz CT molecular complexity index is 131. The molecular weight excluding hydrogens is 86.1 g/mol. The zero-order valence-electron chi connectivity index (χ0n) is 4.73. The average molecular weight is 95.1 g/mol. The van der Waals surface area contributed by atoms with Crippen LogP contribution in [0.2, 0.25) is 0 Å². The summed E-state index contributed by atoms with van der Waals surface area (Å²) < 4.78 is 0. The SMILES string of the molecule is CC1=C(C)N=CC1. The van der Waals surface area contributed by atoms with Crippen LogP contribution in [0.25, 0.3) is 0 Å². The van der Waals surface area contributed by atoms with E-state index in [2.05, 4.69) is 11.9 Å². The molecule has 0 atom stereocenters. The van der Waals surface area contributed by atoms with Crippen LogP contribution in [-0.4, -0.2) is 6.21 Å². The van der Waals surface area contributed by atoms with Crippen LogP contribution >= 0.6 is 0 Å². The second kappa shape index (κ2) is 1.49. The van der Waals surface area contributed by atoms with E-state index in [1.54, 1.807) is 0 Å². The maximum absolute atomic E-state index is 4.07. The number of nitrogens with zero attached hydrogens (tertiary/aromatic N) is 1. The largest absolute Gasteiger partial charge is 0.266 e. The minimum absolute atomic E-state index is 1.06. The van der Waals surface area contributed by atoms with Crippen molar-refractivity contribution in [3.8, 4) is 0 Å². The Balaban J connectivity index is 2.79. The third-order valence-corrected chi connectivity index (χ3v) is 1.30. The fourth-order valence-corrected chi connectivity index (χ4v) is 0.577. The third kappa shape index (κ3) is 0.710. The standard InChI is InChI=1S/C6H9N/c1-5-3-4-7-6(5)2/h4H,3H2,1-2H3. The Morgan fingerprint density at radius 3 is 2.43 bits per heavy atom. The molecule has 1 nitrogen and oxygen atoms in total. The predicted octanol–water partition coefficient (Wildman–Crippen LogP) is 1.75. The van der Waals surface area contributed by atoms with Crippen molar-refractivity contribution >= 4 is 6.21 Å². The number of allylic oxidation sites excluding steroid dienone is 2. The van der Waals surface area contributed by atoms with Gasteiger partial charge in [0, 0.05) is 18.3 Å². The molecule has 0 unspecified atom stereocenters. The quantitative estimate of drug-likeness (QED) is 0.434. The van der Waals surface area contributed by atoms with E-state index in [9.17, 15) is 0 Å². The van der Waals surface area contributed by atoms with Crippen molar-refractivity contribution in [2.45, 2.75) is 20.3 Å². The molecule has 0 aromatic heterocycles. The molecule has 1 rings (SSSR count). The molecule has 0 saturated heterocycles. The normalized spacial score (nSPS) is 19.1. The molecule has 0 N–H and O–H groups in total. The molecule has 0 spiro atoms. The van der Waals surface area contributed by atoms with E-state index in [0.717, 1.165) is 6.42 Å². The maximum atomic E-state index is 4.07. The summed E-state index contributed by atoms with van der Waals surface area (Å²) in [7, 11) is 0. The maximum Gasteiger partial charge on any atom is 0.0361 e. The molecule has 0 aromatic rings. The van der Waals surface area contributed by atoms with E-state index in [1.165, 1.54) is 11.3 Å². The third-order valence-electron chi connectivity index (χ3n) is 1.30. The molecule has 1 heteroatoms. The van der Waals surface area contributed by atoms with Crippen molar-refractivity contribution in [3.05, 3.63) is 11.3 Å². The van der Waals surface area contributed by atoms with Gasteiger partial charge in [-0.2, -0.15) is 0 Å². The van der Waals surface area contributed by atoms with Crippen LogP contribution in [0.5, 0.6) is 0 Å². The van der Waals surface area contributed by atoms with E-state index in [4.69, 9.17) is 0 Å². The molecule has 0 amide bonds. The number of hydrogen-bond acceptors (Lipinski definition) is 1. The summed E-state index contributed by atoms with van der Waals surface area (Å²) in [6.07, 6.45) is 3.01. The molecule has 0 aliphatic carbocycles. The van der Waals surface area contributed by atoms with Crippen LogP contribution < -0.4 is 0 Å². The van der Waals surface area contributed by atoms with Crippen molar-refractivity contribution in [3.63, 3.8) is 0 Å². The van der Waals surface area contributed by atoms with Crippen LogP contribution in [0, 0.1) is 0 Å². The van der Waals surface area contributed by atoms with Gasteiger partial charge in [-0.05, 0) is 19.4 Å². The van der Waals surface area contributed by atoms with E-state index >= 15 is 0 Å². The lowest BCUT2D eigenvalue weighted by atomic mass is 10.2. The van der Waals surface area contributed by atoms with Crippen LogP contribution in [0.15, 0.2) is 16.3 Å². The summed E-state index contributed by atoms with van der Waals surface area (Å²) >= 11 is 0. The Morgan fingerprint density at radius 2 is 2.29 bits per heavy atom. The van der Waals surface area contributed by atoms with Crippen molar-refractivity contribution in [2.24, 2.45) is 4.99 Å². The highest BCUT2D eigenvalue weighted by Crippen LogP contribution is 2.12. The Kier molecular flexibility index (Phi) is 0.970. The fraction of sp³-hybridized carbons (Fsp3) is 0.500. The Morgan fingerprint density at radius 1 is 1.57 bits per heavy atom. The molecule has 0 aromatic carbocycles. The summed E-state index contributed by atoms with van der Waals surface area (Å²) in [6, 6.07) is 0. The highest BCUT2D eigenvalue weighted by molar-refractivity contribution is 5.66. The number of rotatable bonds is 0. The van der Waals surface area contributed by atoms with E-state index in [0.29, 0.717) is 0 Å². The smallest absolute Gasteiger partial charge is 0.0361 e. The van der Waals surface area contributed by atoms with Gasteiger partial charge in [0.15, 0.2) is 0 Å². The first-order valence-corrected chi connectivity index (χ1v) is 2.49. The second-order valence-corrected chi connectivity index (χ2v) is 1.88. The van der Waals surface area contributed by atoms with Gasteiger partial charge in [-0.15, -0.1) is 0 Å². The summed E-state index contributed by atoms with van der Waals surface area (Å²) in [5, 5.41) is 0. The fourth-order valence-electron chi connectivity index (χ4n) is 0.577. The van der Waals surface area contributed by atoms with Gasteiger partial charge >= 0.3 is 0 Å². The molecule has 1 heterocycles. The van der Waals surface area contributed by atoms with Crippen molar-refractivity contribution in [2.75, 3.05) is 0 Å². The molecule has 38 valence electrons. The molecule has 7 heavy (non-hydrogen) atoms. The van der Waals surface area contributed by atoms with Gasteiger partial charge in [0.1, 0.15) is 0 Å². The van der Waals surface area contributed by atoms with Crippen LogP contribution in [0.1, 0.15) is 20.3 Å². The van der Waals surface area contributed by atoms with Gasteiger partial charge in [0.05, 0.1) is 0 Å². The molecular formula is C6H9N. The molecule has 0 saturated carbocycles. The zero-order valence-corrected chi connectivity index (χ0v) is 4.73. The number of aliphatic imine (C=N–C) groups is 1. The summed E-state index contributed by atoms with van der Waals surface area (Å²) in [5.74, 6) is 0. The van der Waals surface area contributed by atoms with Gasteiger partial charge in [-0.3, -0.25) is 4.99 Å². The molecule has 0 bridgehead atoms. The first-order valence-electron chi connectivity index (χ1n) is 2.49. The lowest BCUT2D eigenvalue weighted by Gasteiger charge is -1.85. The first-order chi connectivity index (χ1) is 3.30. The Labute approximate surface area is 43.8 Å². The summed E-state index contributed by atoms with van der Waals surface area (Å²) in [5.41, 5.74) is 2.60. The van der Waals surface area contributed by atoms with Gasteiger partial charge in [0.25, 0.3) is 0 Å². The van der Waals surface area contributed by atoms with Crippen molar-refractivity contribution < 1.29 is 0 Å². The predicted molar refractivity (Wildman–Crippen MR) is 31.5 cm³/mol. The van der Waals surface area contributed by atoms with E-state index < -0.39 is 0 Å². The van der Waals surface area contributed by atoms with E-state index in [-0.39, 0.29) is 0 Å². The monoisotopic (exact) mass is 95.1 g/mol. The minimum atomic E-state index is 1.06. The van der Waals surface area contributed by atoms with Crippen LogP contribution in [-0.2, 0) is 0 Å². The summed E-state index contributed by atoms with van der Waals surface area (Å²) in [4.78, 5) is 4.07. The van der Waals surface area contributed by atoms with Crippen LogP contribution in [0.3, 0.4) is 0 Å². The molecule has 0 fully saturated rings. The average Bonchev–Trinajstić information content (AvgIpc) is 1.91. The van der Waals surface area contributed by atoms with Crippen molar-refractivity contribution in [1.82, 2.24) is 0 Å². The molecule has 0 radical (unpaired) electrons. The lowest BCUT2D eigenvalue weighted by molar-refractivity contribution is 1.22. The second-order valence-electron chi connectivity index (χ2n) is 1.88. The zero-order chi connectivity index (χ0) is 5.28. The first kappa shape index (κ1) is 4.57. The Hall–Kier alpha value is -0.590. The molecule has 1 aliphatic rings. The van der Waals surface area contributed by atoms with Gasteiger partial charge < -0.3 is 0 Å². The number of hydrogen-bond donors (Lipinski definition) is 0. The molecule has 1 aliphatic heterocycles. The van der Waals surface area contributed by atoms with Crippen LogP contribution in [0.4, 0.5) is 0 Å².